The number of aliphatic hydroxyl groups excluding tert-OH is 1. The van der Waals surface area contributed by atoms with Gasteiger partial charge in [0.05, 0.1) is 6.10 Å². The number of hydrogen-bond donors (Lipinski definition) is 3. The van der Waals surface area contributed by atoms with Gasteiger partial charge in [-0.25, -0.2) is 4.79 Å². The lowest BCUT2D eigenvalue weighted by atomic mass is 10.2. The highest BCUT2D eigenvalue weighted by molar-refractivity contribution is 6.31. The first-order valence-electron chi connectivity index (χ1n) is 6.05. The SMILES string of the molecule is Cc1ccc(NC(=O)NCC(O)C2CC2)cc1Cl. The molecule has 1 aromatic carbocycles. The number of nitrogens with one attached hydrogen (secondary N) is 2. The van der Waals surface area contributed by atoms with Crippen molar-refractivity contribution in [3.63, 3.8) is 0 Å². The Labute approximate surface area is 111 Å². The molecule has 0 aromatic heterocycles. The number of benzene rings is 1. The number of carbonyl (C=O) groups is 1. The van der Waals surface area contributed by atoms with Crippen LogP contribution in [0.25, 0.3) is 0 Å². The summed E-state index contributed by atoms with van der Waals surface area (Å²) in [5, 5.41) is 15.6. The average Bonchev–Trinajstić information content (AvgIpc) is 3.15. The summed E-state index contributed by atoms with van der Waals surface area (Å²) >= 11 is 5.96. The summed E-state index contributed by atoms with van der Waals surface area (Å²) in [6.45, 7) is 2.19. The van der Waals surface area contributed by atoms with Crippen LogP contribution in [0.15, 0.2) is 18.2 Å². The summed E-state index contributed by atoms with van der Waals surface area (Å²) in [7, 11) is 0. The predicted octanol–water partition coefficient (Wildman–Crippen LogP) is 2.54. The van der Waals surface area contributed by atoms with E-state index in [0.29, 0.717) is 16.6 Å². The minimum absolute atomic E-state index is 0.288. The lowest BCUT2D eigenvalue weighted by Crippen LogP contribution is -2.36. The molecule has 0 heterocycles. The van der Waals surface area contributed by atoms with E-state index < -0.39 is 6.10 Å². The highest BCUT2D eigenvalue weighted by atomic mass is 35.5. The van der Waals surface area contributed by atoms with Gasteiger partial charge in [-0.1, -0.05) is 17.7 Å². The molecule has 1 aliphatic carbocycles. The van der Waals surface area contributed by atoms with Crippen LogP contribution in [0.2, 0.25) is 5.02 Å². The van der Waals surface area contributed by atoms with E-state index in [4.69, 9.17) is 11.6 Å². The Kier molecular flexibility index (Phi) is 4.09. The summed E-state index contributed by atoms with van der Waals surface area (Å²) in [4.78, 5) is 11.6. The van der Waals surface area contributed by atoms with Gasteiger partial charge < -0.3 is 15.7 Å². The smallest absolute Gasteiger partial charge is 0.319 e. The Balaban J connectivity index is 1.80. The second-order valence-electron chi connectivity index (χ2n) is 4.70. The Hall–Kier alpha value is -1.26. The van der Waals surface area contributed by atoms with E-state index in [1.807, 2.05) is 13.0 Å². The summed E-state index contributed by atoms with van der Waals surface area (Å²) in [6, 6.07) is 5.01. The van der Waals surface area contributed by atoms with Crippen molar-refractivity contribution in [1.29, 1.82) is 0 Å². The summed E-state index contributed by atoms with van der Waals surface area (Å²) in [5.74, 6) is 0.360. The first-order chi connectivity index (χ1) is 8.56. The molecule has 2 rings (SSSR count). The predicted molar refractivity (Wildman–Crippen MR) is 71.9 cm³/mol. The minimum atomic E-state index is -0.433. The van der Waals surface area contributed by atoms with Crippen molar-refractivity contribution in [2.45, 2.75) is 25.9 Å². The molecule has 1 atom stereocenters. The third-order valence-electron chi connectivity index (χ3n) is 3.07. The van der Waals surface area contributed by atoms with E-state index in [2.05, 4.69) is 10.6 Å². The van der Waals surface area contributed by atoms with E-state index in [1.165, 1.54) is 0 Å². The third-order valence-corrected chi connectivity index (χ3v) is 3.47. The molecule has 1 aliphatic rings. The number of halogens is 1. The molecule has 3 N–H and O–H groups in total. The second kappa shape index (κ2) is 5.59. The van der Waals surface area contributed by atoms with Crippen LogP contribution in [0.4, 0.5) is 10.5 Å². The molecular formula is C13H17ClN2O2. The van der Waals surface area contributed by atoms with Crippen molar-refractivity contribution in [1.82, 2.24) is 5.32 Å². The fourth-order valence-electron chi connectivity index (χ4n) is 1.69. The first kappa shape index (κ1) is 13.2. The number of rotatable bonds is 4. The van der Waals surface area contributed by atoms with Crippen molar-refractivity contribution >= 4 is 23.3 Å². The summed E-state index contributed by atoms with van der Waals surface area (Å²) < 4.78 is 0. The number of urea groups is 1. The van der Waals surface area contributed by atoms with Gasteiger partial charge >= 0.3 is 6.03 Å². The normalized spacial score (nSPS) is 16.2. The van der Waals surface area contributed by atoms with Crippen LogP contribution in [-0.2, 0) is 0 Å². The molecule has 1 aromatic rings. The van der Waals surface area contributed by atoms with Crippen LogP contribution in [0.5, 0.6) is 0 Å². The Morgan fingerprint density at radius 3 is 2.89 bits per heavy atom. The van der Waals surface area contributed by atoms with Crippen molar-refractivity contribution in [2.75, 3.05) is 11.9 Å². The first-order valence-corrected chi connectivity index (χ1v) is 6.43. The number of carbonyl (C=O) groups excluding carboxylic acids is 1. The Morgan fingerprint density at radius 2 is 2.28 bits per heavy atom. The van der Waals surface area contributed by atoms with Crippen LogP contribution in [0.3, 0.4) is 0 Å². The van der Waals surface area contributed by atoms with Gasteiger partial charge in [0.2, 0.25) is 0 Å². The van der Waals surface area contributed by atoms with Gasteiger partial charge in [0.15, 0.2) is 0 Å². The molecule has 0 bridgehead atoms. The zero-order valence-electron chi connectivity index (χ0n) is 10.2. The van der Waals surface area contributed by atoms with Gasteiger partial charge in [0, 0.05) is 17.3 Å². The van der Waals surface area contributed by atoms with Gasteiger partial charge in [0.1, 0.15) is 0 Å². The molecule has 0 aliphatic heterocycles. The van der Waals surface area contributed by atoms with Crippen molar-refractivity contribution in [3.05, 3.63) is 28.8 Å². The fraction of sp³-hybridized carbons (Fsp3) is 0.462. The van der Waals surface area contributed by atoms with Gasteiger partial charge in [-0.3, -0.25) is 0 Å². The number of hydrogen-bond acceptors (Lipinski definition) is 2. The van der Waals surface area contributed by atoms with Crippen LogP contribution >= 0.6 is 11.6 Å². The highest BCUT2D eigenvalue weighted by Gasteiger charge is 2.29. The maximum absolute atomic E-state index is 11.6. The molecule has 18 heavy (non-hydrogen) atoms. The van der Waals surface area contributed by atoms with Crippen LogP contribution in [-0.4, -0.2) is 23.8 Å². The topological polar surface area (TPSA) is 61.4 Å². The molecule has 2 amide bonds. The lowest BCUT2D eigenvalue weighted by molar-refractivity contribution is 0.150. The van der Waals surface area contributed by atoms with Crippen molar-refractivity contribution in [2.24, 2.45) is 5.92 Å². The zero-order valence-corrected chi connectivity index (χ0v) is 11.0. The second-order valence-corrected chi connectivity index (χ2v) is 5.11. The maximum atomic E-state index is 11.6. The average molecular weight is 269 g/mol. The lowest BCUT2D eigenvalue weighted by Gasteiger charge is -2.12. The molecule has 5 heteroatoms. The highest BCUT2D eigenvalue weighted by Crippen LogP contribution is 2.32. The molecule has 1 saturated carbocycles. The molecule has 0 spiro atoms. The standard InChI is InChI=1S/C13H17ClN2O2/c1-8-2-5-10(6-11(8)14)16-13(18)15-7-12(17)9-3-4-9/h2,5-6,9,12,17H,3-4,7H2,1H3,(H2,15,16,18). The Bertz CT molecular complexity index is 447. The van der Waals surface area contributed by atoms with E-state index in [9.17, 15) is 9.90 Å². The van der Waals surface area contributed by atoms with E-state index >= 15 is 0 Å². The largest absolute Gasteiger partial charge is 0.391 e. The molecule has 0 saturated heterocycles. The summed E-state index contributed by atoms with van der Waals surface area (Å²) in [6.07, 6.45) is 1.67. The molecule has 1 fully saturated rings. The molecule has 0 radical (unpaired) electrons. The van der Waals surface area contributed by atoms with Crippen LogP contribution in [0.1, 0.15) is 18.4 Å². The minimum Gasteiger partial charge on any atom is -0.391 e. The molecule has 1 unspecified atom stereocenters. The van der Waals surface area contributed by atoms with E-state index in [0.717, 1.165) is 18.4 Å². The molecule has 4 nitrogen and oxygen atoms in total. The third kappa shape index (κ3) is 3.62. The Morgan fingerprint density at radius 1 is 1.56 bits per heavy atom. The van der Waals surface area contributed by atoms with Gasteiger partial charge in [-0.2, -0.15) is 0 Å². The van der Waals surface area contributed by atoms with Crippen LogP contribution < -0.4 is 10.6 Å². The fourth-order valence-corrected chi connectivity index (χ4v) is 1.87. The number of aryl methyl sites for hydroxylation is 1. The monoisotopic (exact) mass is 268 g/mol. The van der Waals surface area contributed by atoms with E-state index in [1.54, 1.807) is 12.1 Å². The zero-order chi connectivity index (χ0) is 13.1. The number of amides is 2. The van der Waals surface area contributed by atoms with Crippen molar-refractivity contribution in [3.8, 4) is 0 Å². The van der Waals surface area contributed by atoms with Crippen LogP contribution in [0, 0.1) is 12.8 Å². The maximum Gasteiger partial charge on any atom is 0.319 e. The number of aliphatic hydroxyl groups is 1. The quantitative estimate of drug-likeness (QED) is 0.786. The van der Waals surface area contributed by atoms with Gasteiger partial charge in [0.25, 0.3) is 0 Å². The van der Waals surface area contributed by atoms with Crippen molar-refractivity contribution < 1.29 is 9.90 Å². The number of anilines is 1. The summed E-state index contributed by atoms with van der Waals surface area (Å²) in [5.41, 5.74) is 1.61. The van der Waals surface area contributed by atoms with Gasteiger partial charge in [-0.15, -0.1) is 0 Å². The molecular weight excluding hydrogens is 252 g/mol. The molecule has 98 valence electrons. The van der Waals surface area contributed by atoms with Gasteiger partial charge in [-0.05, 0) is 43.4 Å². The van der Waals surface area contributed by atoms with E-state index in [-0.39, 0.29) is 12.6 Å².